The highest BCUT2D eigenvalue weighted by atomic mass is 35.5. The number of benzene rings is 3. The summed E-state index contributed by atoms with van der Waals surface area (Å²) in [5, 5.41) is 3.54. The molecule has 0 bridgehead atoms. The first-order chi connectivity index (χ1) is 16.8. The van der Waals surface area contributed by atoms with Crippen molar-refractivity contribution in [1.82, 2.24) is 10.2 Å². The number of halogens is 2. The zero-order valence-corrected chi connectivity index (χ0v) is 21.6. The van der Waals surface area contributed by atoms with Gasteiger partial charge in [0.1, 0.15) is 11.8 Å². The van der Waals surface area contributed by atoms with Gasteiger partial charge in [-0.2, -0.15) is 0 Å². The van der Waals surface area contributed by atoms with Crippen molar-refractivity contribution < 1.29 is 14.3 Å². The van der Waals surface area contributed by atoms with E-state index in [1.54, 1.807) is 25.2 Å². The number of hydrogen-bond donors (Lipinski definition) is 1. The van der Waals surface area contributed by atoms with Crippen LogP contribution in [-0.4, -0.2) is 36.4 Å². The van der Waals surface area contributed by atoms with E-state index in [0.29, 0.717) is 33.7 Å². The van der Waals surface area contributed by atoms with Gasteiger partial charge in [-0.25, -0.2) is 0 Å². The Morgan fingerprint density at radius 1 is 0.914 bits per heavy atom. The molecular weight excluding hydrogens is 483 g/mol. The van der Waals surface area contributed by atoms with Crippen LogP contribution in [0.2, 0.25) is 10.0 Å². The maximum atomic E-state index is 13.5. The number of carbonyl (C=O) groups excluding carboxylic acids is 2. The van der Waals surface area contributed by atoms with Gasteiger partial charge in [-0.15, -0.1) is 0 Å². The molecule has 0 saturated heterocycles. The molecule has 35 heavy (non-hydrogen) atoms. The van der Waals surface area contributed by atoms with Gasteiger partial charge in [0.15, 0.2) is 6.61 Å². The van der Waals surface area contributed by atoms with E-state index < -0.39 is 6.04 Å². The Balaban J connectivity index is 1.89. The summed E-state index contributed by atoms with van der Waals surface area (Å²) in [5.41, 5.74) is 2.68. The average molecular weight is 513 g/mol. The highest BCUT2D eigenvalue weighted by Crippen LogP contribution is 2.27. The highest BCUT2D eigenvalue weighted by molar-refractivity contribution is 6.36. The third-order valence-electron chi connectivity index (χ3n) is 5.82. The lowest BCUT2D eigenvalue weighted by atomic mass is 10.0. The van der Waals surface area contributed by atoms with E-state index in [0.717, 1.165) is 5.56 Å². The fourth-order valence-corrected chi connectivity index (χ4v) is 4.27. The van der Waals surface area contributed by atoms with Crippen LogP contribution in [0.1, 0.15) is 36.5 Å². The molecule has 1 N–H and O–H groups in total. The molecule has 0 fully saturated rings. The van der Waals surface area contributed by atoms with Gasteiger partial charge in [-0.3, -0.25) is 9.59 Å². The quantitative estimate of drug-likeness (QED) is 0.368. The second-order valence-corrected chi connectivity index (χ2v) is 9.37. The minimum Gasteiger partial charge on any atom is -0.484 e. The molecule has 1 atom stereocenters. The van der Waals surface area contributed by atoms with Gasteiger partial charge in [0, 0.05) is 35.6 Å². The van der Waals surface area contributed by atoms with E-state index in [4.69, 9.17) is 27.9 Å². The number of amides is 2. The number of carbonyl (C=O) groups is 2. The van der Waals surface area contributed by atoms with E-state index in [1.807, 2.05) is 54.6 Å². The summed E-state index contributed by atoms with van der Waals surface area (Å²) < 4.78 is 5.81. The minimum atomic E-state index is -0.783. The third kappa shape index (κ3) is 7.23. The topological polar surface area (TPSA) is 58.6 Å². The van der Waals surface area contributed by atoms with Crippen LogP contribution in [0.5, 0.6) is 5.75 Å². The second-order valence-electron chi connectivity index (χ2n) is 8.55. The van der Waals surface area contributed by atoms with Gasteiger partial charge in [-0.05, 0) is 41.3 Å². The molecule has 0 saturated carbocycles. The summed E-state index contributed by atoms with van der Waals surface area (Å²) in [6, 6.07) is 21.6. The predicted octanol–water partition coefficient (Wildman–Crippen LogP) is 5.88. The molecule has 0 aliphatic heterocycles. The van der Waals surface area contributed by atoms with Crippen LogP contribution >= 0.6 is 23.2 Å². The van der Waals surface area contributed by atoms with Crippen LogP contribution in [0.25, 0.3) is 0 Å². The van der Waals surface area contributed by atoms with Crippen molar-refractivity contribution in [2.75, 3.05) is 13.7 Å². The minimum absolute atomic E-state index is 0.0674. The summed E-state index contributed by atoms with van der Waals surface area (Å²) in [4.78, 5) is 28.0. The molecule has 2 amide bonds. The molecule has 184 valence electrons. The van der Waals surface area contributed by atoms with Crippen LogP contribution in [0, 0.1) is 0 Å². The fourth-order valence-electron chi connectivity index (χ4n) is 3.75. The second kappa shape index (κ2) is 12.6. The van der Waals surface area contributed by atoms with Crippen LogP contribution in [0.3, 0.4) is 0 Å². The molecule has 0 aliphatic carbocycles. The molecule has 5 nitrogen and oxygen atoms in total. The number of rotatable bonds is 10. The molecule has 0 aromatic heterocycles. The van der Waals surface area contributed by atoms with Gasteiger partial charge < -0.3 is 15.0 Å². The summed E-state index contributed by atoms with van der Waals surface area (Å²) in [7, 11) is 1.55. The highest BCUT2D eigenvalue weighted by Gasteiger charge is 2.31. The molecule has 0 unspecified atom stereocenters. The van der Waals surface area contributed by atoms with Crippen molar-refractivity contribution in [3.05, 3.63) is 99.5 Å². The Hall–Kier alpha value is -3.02. The summed E-state index contributed by atoms with van der Waals surface area (Å²) in [6.07, 6.45) is 0.331. The Kier molecular flexibility index (Phi) is 9.58. The first-order valence-electron chi connectivity index (χ1n) is 11.5. The lowest BCUT2D eigenvalue weighted by molar-refractivity contribution is -0.142. The first-order valence-corrected chi connectivity index (χ1v) is 12.3. The monoisotopic (exact) mass is 512 g/mol. The fraction of sp³-hybridized carbons (Fsp3) is 0.286. The molecule has 0 aliphatic rings. The Morgan fingerprint density at radius 2 is 1.54 bits per heavy atom. The van der Waals surface area contributed by atoms with E-state index in [2.05, 4.69) is 19.2 Å². The Morgan fingerprint density at radius 3 is 2.11 bits per heavy atom. The Labute approximate surface area is 217 Å². The van der Waals surface area contributed by atoms with Crippen LogP contribution in [0.4, 0.5) is 0 Å². The van der Waals surface area contributed by atoms with Crippen LogP contribution in [0.15, 0.2) is 72.8 Å². The molecule has 0 radical (unpaired) electrons. The lowest BCUT2D eigenvalue weighted by Gasteiger charge is -2.31. The SMILES string of the molecule is CNC(=O)[C@H](Cc1ccccc1)N(Cc1c(Cl)cccc1Cl)C(=O)COc1ccc(C(C)C)cc1. The van der Waals surface area contributed by atoms with Crippen LogP contribution < -0.4 is 10.1 Å². The van der Waals surface area contributed by atoms with Gasteiger partial charge >= 0.3 is 0 Å². The smallest absolute Gasteiger partial charge is 0.261 e. The molecule has 7 heteroatoms. The van der Waals surface area contributed by atoms with E-state index in [1.165, 1.54) is 10.5 Å². The number of ether oxygens (including phenoxy) is 1. The van der Waals surface area contributed by atoms with Gasteiger partial charge in [-0.1, -0.05) is 85.6 Å². The zero-order chi connectivity index (χ0) is 25.4. The van der Waals surface area contributed by atoms with Crippen molar-refractivity contribution in [3.8, 4) is 5.75 Å². The van der Waals surface area contributed by atoms with E-state index in [-0.39, 0.29) is 25.0 Å². The largest absolute Gasteiger partial charge is 0.484 e. The first kappa shape index (κ1) is 26.6. The van der Waals surface area contributed by atoms with Crippen molar-refractivity contribution in [1.29, 1.82) is 0 Å². The number of likely N-dealkylation sites (N-methyl/N-ethyl adjacent to an activating group) is 1. The van der Waals surface area contributed by atoms with E-state index >= 15 is 0 Å². The zero-order valence-electron chi connectivity index (χ0n) is 20.1. The molecule has 3 aromatic rings. The van der Waals surface area contributed by atoms with Gasteiger partial charge in [0.25, 0.3) is 5.91 Å². The maximum absolute atomic E-state index is 13.5. The summed E-state index contributed by atoms with van der Waals surface area (Å²) in [5.74, 6) is 0.344. The standard InChI is InChI=1S/C28H30Cl2N2O3/c1-19(2)21-12-14-22(15-13-21)35-18-27(33)32(17-23-24(29)10-7-11-25(23)30)26(28(34)31-3)16-20-8-5-4-6-9-20/h4-15,19,26H,16-18H2,1-3H3,(H,31,34)/t26-/m0/s1. The summed E-state index contributed by atoms with van der Waals surface area (Å²) >= 11 is 12.8. The van der Waals surface area contributed by atoms with Gasteiger partial charge in [0.05, 0.1) is 0 Å². The normalized spacial score (nSPS) is 11.7. The van der Waals surface area contributed by atoms with Crippen molar-refractivity contribution in [3.63, 3.8) is 0 Å². The average Bonchev–Trinajstić information content (AvgIpc) is 2.86. The number of nitrogens with zero attached hydrogens (tertiary/aromatic N) is 1. The molecular formula is C28H30Cl2N2O3. The van der Waals surface area contributed by atoms with Crippen molar-refractivity contribution >= 4 is 35.0 Å². The van der Waals surface area contributed by atoms with Gasteiger partial charge in [0.2, 0.25) is 5.91 Å². The molecule has 3 aromatic carbocycles. The lowest BCUT2D eigenvalue weighted by Crippen LogP contribution is -2.51. The Bertz CT molecular complexity index is 1110. The number of nitrogens with one attached hydrogen (secondary N) is 1. The molecule has 3 rings (SSSR count). The number of hydrogen-bond acceptors (Lipinski definition) is 3. The summed E-state index contributed by atoms with van der Waals surface area (Å²) in [6.45, 7) is 4.06. The van der Waals surface area contributed by atoms with E-state index in [9.17, 15) is 9.59 Å². The van der Waals surface area contributed by atoms with Crippen LogP contribution in [-0.2, 0) is 22.6 Å². The van der Waals surface area contributed by atoms with Crippen molar-refractivity contribution in [2.24, 2.45) is 0 Å². The predicted molar refractivity (Wildman–Crippen MR) is 141 cm³/mol. The molecule has 0 spiro atoms. The third-order valence-corrected chi connectivity index (χ3v) is 6.52. The van der Waals surface area contributed by atoms with Crippen molar-refractivity contribution in [2.45, 2.75) is 38.8 Å². The maximum Gasteiger partial charge on any atom is 0.261 e. The molecule has 0 heterocycles.